The summed E-state index contributed by atoms with van der Waals surface area (Å²) in [5, 5.41) is 10.1. The third-order valence-electron chi connectivity index (χ3n) is 1.14. The van der Waals surface area contributed by atoms with Crippen molar-refractivity contribution in [3.8, 4) is 0 Å². The molecule has 0 amide bonds. The Morgan fingerprint density at radius 1 is 1.58 bits per heavy atom. The van der Waals surface area contributed by atoms with E-state index in [9.17, 15) is 19.5 Å². The van der Waals surface area contributed by atoms with Crippen molar-refractivity contribution < 1.29 is 53.8 Å². The van der Waals surface area contributed by atoms with Crippen molar-refractivity contribution in [3.05, 3.63) is 0 Å². The number of aliphatic carboxylic acids is 1. The number of ether oxygens (including phenoxy) is 1. The van der Waals surface area contributed by atoms with Crippen molar-refractivity contribution in [3.63, 3.8) is 0 Å². The molecule has 0 N–H and O–H groups in total. The van der Waals surface area contributed by atoms with Crippen LogP contribution < -0.4 is 34.7 Å². The quantitative estimate of drug-likeness (QED) is 0.189. The number of carboxylic acids is 1. The van der Waals surface area contributed by atoms with Crippen LogP contribution in [0.1, 0.15) is 13.3 Å². The Balaban J connectivity index is 0. The predicted molar refractivity (Wildman–Crippen MR) is 30.9 cm³/mol. The van der Waals surface area contributed by atoms with Crippen LogP contribution in [0.25, 0.3) is 0 Å². The maximum absolute atomic E-state index is 10.5. The van der Waals surface area contributed by atoms with Crippen LogP contribution in [0.4, 0.5) is 0 Å². The van der Waals surface area contributed by atoms with Gasteiger partial charge in [0.2, 0.25) is 0 Å². The molecule has 1 atom stereocenters. The Kier molecular flexibility index (Phi) is 8.57. The SMILES string of the molecule is CCC(C(=O)[O-])C(=O)OC=O.[Na+]. The van der Waals surface area contributed by atoms with Gasteiger partial charge in [-0.15, -0.1) is 0 Å². The summed E-state index contributed by atoms with van der Waals surface area (Å²) < 4.78 is 3.82. The Bertz CT molecular complexity index is 179. The molecule has 5 nitrogen and oxygen atoms in total. The third-order valence-corrected chi connectivity index (χ3v) is 1.14. The van der Waals surface area contributed by atoms with Gasteiger partial charge in [-0.3, -0.25) is 9.59 Å². The molecule has 0 spiro atoms. The molecule has 0 radical (unpaired) electrons. The number of carbonyl (C=O) groups is 3. The van der Waals surface area contributed by atoms with Gasteiger partial charge in [-0.05, 0) is 6.42 Å². The van der Waals surface area contributed by atoms with Crippen LogP contribution in [0, 0.1) is 5.92 Å². The normalized spacial score (nSPS) is 10.8. The molecule has 0 bridgehead atoms. The van der Waals surface area contributed by atoms with Gasteiger partial charge in [0, 0.05) is 0 Å². The Morgan fingerprint density at radius 2 is 2.08 bits per heavy atom. The number of hydrogen-bond donors (Lipinski definition) is 0. The molecule has 12 heavy (non-hydrogen) atoms. The fourth-order valence-corrected chi connectivity index (χ4v) is 0.559. The van der Waals surface area contributed by atoms with Crippen molar-refractivity contribution in [2.24, 2.45) is 5.92 Å². The minimum absolute atomic E-state index is 0. The molecule has 0 saturated carbocycles. The summed E-state index contributed by atoms with van der Waals surface area (Å²) >= 11 is 0. The molecular formula is C6H7NaO5. The van der Waals surface area contributed by atoms with Gasteiger partial charge in [0.05, 0.1) is 11.9 Å². The second-order valence-corrected chi connectivity index (χ2v) is 1.81. The number of hydrogen-bond acceptors (Lipinski definition) is 5. The minimum atomic E-state index is -1.53. The standard InChI is InChI=1S/C6H8O5.Na/c1-2-4(5(8)9)6(10)11-3-7;/h3-4H,2H2,1H3,(H,8,9);/q;+1/p-1. The third kappa shape index (κ3) is 4.48. The fourth-order valence-electron chi connectivity index (χ4n) is 0.559. The van der Waals surface area contributed by atoms with Gasteiger partial charge in [-0.2, -0.15) is 0 Å². The number of esters is 1. The molecule has 0 aliphatic carbocycles. The van der Waals surface area contributed by atoms with Crippen LogP contribution >= 0.6 is 0 Å². The van der Waals surface area contributed by atoms with Crippen molar-refractivity contribution >= 4 is 18.4 Å². The van der Waals surface area contributed by atoms with E-state index >= 15 is 0 Å². The largest absolute Gasteiger partial charge is 1.00 e. The van der Waals surface area contributed by atoms with Crippen molar-refractivity contribution in [1.82, 2.24) is 0 Å². The van der Waals surface area contributed by atoms with Crippen molar-refractivity contribution in [2.45, 2.75) is 13.3 Å². The zero-order valence-corrected chi connectivity index (χ0v) is 8.90. The van der Waals surface area contributed by atoms with Crippen molar-refractivity contribution in [2.75, 3.05) is 0 Å². The van der Waals surface area contributed by atoms with Crippen LogP contribution in [0.15, 0.2) is 0 Å². The molecule has 0 aromatic rings. The average molecular weight is 182 g/mol. The number of carboxylic acid groups (broad SMARTS) is 1. The van der Waals surface area contributed by atoms with Crippen LogP contribution in [0.5, 0.6) is 0 Å². The summed E-state index contributed by atoms with van der Waals surface area (Å²) in [4.78, 5) is 30.3. The summed E-state index contributed by atoms with van der Waals surface area (Å²) in [5.41, 5.74) is 0. The monoisotopic (exact) mass is 182 g/mol. The van der Waals surface area contributed by atoms with E-state index in [1.807, 2.05) is 0 Å². The van der Waals surface area contributed by atoms with Gasteiger partial charge in [0.15, 0.2) is 0 Å². The predicted octanol–water partition coefficient (Wildman–Crippen LogP) is -4.53. The first-order valence-electron chi connectivity index (χ1n) is 2.98. The molecule has 0 aromatic carbocycles. The first-order valence-corrected chi connectivity index (χ1v) is 2.98. The average Bonchev–Trinajstić information content (AvgIpc) is 1.88. The molecule has 0 rings (SSSR count). The van der Waals surface area contributed by atoms with E-state index in [1.165, 1.54) is 6.92 Å². The van der Waals surface area contributed by atoms with Gasteiger partial charge >= 0.3 is 42.0 Å². The van der Waals surface area contributed by atoms with E-state index in [0.29, 0.717) is 0 Å². The Hall–Kier alpha value is -0.390. The molecule has 0 aliphatic rings. The number of rotatable bonds is 4. The van der Waals surface area contributed by atoms with Crippen molar-refractivity contribution in [1.29, 1.82) is 0 Å². The van der Waals surface area contributed by atoms with Gasteiger partial charge in [0.1, 0.15) is 0 Å². The van der Waals surface area contributed by atoms with Gasteiger partial charge < -0.3 is 14.6 Å². The summed E-state index contributed by atoms with van der Waals surface area (Å²) in [6.07, 6.45) is 0.0506. The van der Waals surface area contributed by atoms with Crippen LogP contribution in [0.3, 0.4) is 0 Å². The van der Waals surface area contributed by atoms with Gasteiger partial charge in [-0.1, -0.05) is 6.92 Å². The van der Waals surface area contributed by atoms with E-state index < -0.39 is 17.9 Å². The smallest absolute Gasteiger partial charge is 0.549 e. The Labute approximate surface area is 91.4 Å². The number of carbonyl (C=O) groups excluding carboxylic acids is 3. The van der Waals surface area contributed by atoms with Gasteiger partial charge in [-0.25, -0.2) is 0 Å². The summed E-state index contributed by atoms with van der Waals surface area (Å²) in [6.45, 7) is 1.38. The van der Waals surface area contributed by atoms with Crippen LogP contribution in [-0.2, 0) is 19.1 Å². The molecule has 0 saturated heterocycles. The zero-order valence-electron chi connectivity index (χ0n) is 6.90. The molecule has 6 heteroatoms. The molecular weight excluding hydrogens is 175 g/mol. The maximum atomic E-state index is 10.5. The Morgan fingerprint density at radius 3 is 2.33 bits per heavy atom. The fraction of sp³-hybridized carbons (Fsp3) is 0.500. The second kappa shape index (κ2) is 7.27. The summed E-state index contributed by atoms with van der Waals surface area (Å²) in [7, 11) is 0. The molecule has 0 fully saturated rings. The maximum Gasteiger partial charge on any atom is 1.00 e. The molecule has 1 unspecified atom stereocenters. The zero-order chi connectivity index (χ0) is 8.85. The van der Waals surface area contributed by atoms with E-state index in [4.69, 9.17) is 0 Å². The molecule has 0 aliphatic heterocycles. The first-order chi connectivity index (χ1) is 5.13. The van der Waals surface area contributed by atoms with E-state index in [2.05, 4.69) is 4.74 Å². The van der Waals surface area contributed by atoms with E-state index in [0.717, 1.165) is 0 Å². The summed E-state index contributed by atoms with van der Waals surface area (Å²) in [6, 6.07) is 0. The molecule has 0 heterocycles. The summed E-state index contributed by atoms with van der Waals surface area (Å²) in [5.74, 6) is -3.96. The minimum Gasteiger partial charge on any atom is -0.549 e. The van der Waals surface area contributed by atoms with Gasteiger partial charge in [0.25, 0.3) is 0 Å². The van der Waals surface area contributed by atoms with E-state index in [1.54, 1.807) is 0 Å². The molecule has 62 valence electrons. The topological polar surface area (TPSA) is 83.5 Å². The van der Waals surface area contributed by atoms with Crippen LogP contribution in [-0.4, -0.2) is 18.4 Å². The first kappa shape index (κ1) is 14.2. The second-order valence-electron chi connectivity index (χ2n) is 1.81. The van der Waals surface area contributed by atoms with Crippen LogP contribution in [0.2, 0.25) is 0 Å². The molecule has 0 aromatic heterocycles. The van der Waals surface area contributed by atoms with E-state index in [-0.39, 0.29) is 42.5 Å².